The molecule has 5 nitrogen and oxygen atoms in total. The number of carbonyl (C=O) groups is 1. The van der Waals surface area contributed by atoms with Crippen LogP contribution in [0.2, 0.25) is 0 Å². The van der Waals surface area contributed by atoms with Crippen molar-refractivity contribution in [2.75, 3.05) is 60.0 Å². The van der Waals surface area contributed by atoms with E-state index in [4.69, 9.17) is 4.74 Å². The van der Waals surface area contributed by atoms with E-state index in [2.05, 4.69) is 35.8 Å². The number of nitrogens with zero attached hydrogens (tertiary/aromatic N) is 3. The lowest BCUT2D eigenvalue weighted by Crippen LogP contribution is -2.43. The smallest absolute Gasteiger partial charge is 0.236 e. The zero-order valence-corrected chi connectivity index (χ0v) is 17.6. The van der Waals surface area contributed by atoms with Crippen LogP contribution in [0.25, 0.3) is 0 Å². The highest BCUT2D eigenvalue weighted by Crippen LogP contribution is 2.21. The Morgan fingerprint density at radius 3 is 2.48 bits per heavy atom. The fraction of sp³-hybridized carbons (Fsp3) is 0.682. The van der Waals surface area contributed by atoms with Gasteiger partial charge in [-0.2, -0.15) is 0 Å². The standard InChI is InChI=1S/C22H37N3O2/c1-5-24(6-2)18-22(26)23(3)17-19-11-14-25(15-12-19)16-13-20-9-7-8-10-21(20)27-4/h7-10,19H,5-6,11-18H2,1-4H3. The van der Waals surface area contributed by atoms with Gasteiger partial charge in [-0.15, -0.1) is 0 Å². The van der Waals surface area contributed by atoms with Crippen LogP contribution in [0.4, 0.5) is 0 Å². The van der Waals surface area contributed by atoms with E-state index in [1.165, 1.54) is 18.4 Å². The maximum Gasteiger partial charge on any atom is 0.236 e. The first-order valence-electron chi connectivity index (χ1n) is 10.4. The van der Waals surface area contributed by atoms with Crippen molar-refractivity contribution < 1.29 is 9.53 Å². The highest BCUT2D eigenvalue weighted by Gasteiger charge is 2.22. The average molecular weight is 376 g/mol. The van der Waals surface area contributed by atoms with Gasteiger partial charge in [-0.25, -0.2) is 0 Å². The van der Waals surface area contributed by atoms with E-state index < -0.39 is 0 Å². The molecule has 1 heterocycles. The predicted molar refractivity (Wildman–Crippen MR) is 111 cm³/mol. The van der Waals surface area contributed by atoms with Crippen molar-refractivity contribution in [2.45, 2.75) is 33.1 Å². The van der Waals surface area contributed by atoms with Crippen LogP contribution in [0.5, 0.6) is 5.75 Å². The molecule has 0 bridgehead atoms. The van der Waals surface area contributed by atoms with Crippen LogP contribution in [-0.4, -0.2) is 80.6 Å². The molecule has 5 heteroatoms. The Balaban J connectivity index is 1.71. The number of para-hydroxylation sites is 1. The Morgan fingerprint density at radius 2 is 1.85 bits per heavy atom. The SMILES string of the molecule is CCN(CC)CC(=O)N(C)CC1CCN(CCc2ccccc2OC)CC1. The summed E-state index contributed by atoms with van der Waals surface area (Å²) in [5.74, 6) is 1.86. The van der Waals surface area contributed by atoms with Crippen molar-refractivity contribution in [3.8, 4) is 5.75 Å². The van der Waals surface area contributed by atoms with Crippen molar-refractivity contribution in [3.05, 3.63) is 29.8 Å². The molecule has 152 valence electrons. The monoisotopic (exact) mass is 375 g/mol. The minimum absolute atomic E-state index is 0.248. The van der Waals surface area contributed by atoms with E-state index in [0.717, 1.165) is 51.4 Å². The largest absolute Gasteiger partial charge is 0.496 e. The summed E-state index contributed by atoms with van der Waals surface area (Å²) in [5, 5.41) is 0. The zero-order chi connectivity index (χ0) is 19.6. The zero-order valence-electron chi connectivity index (χ0n) is 17.6. The van der Waals surface area contributed by atoms with Gasteiger partial charge in [-0.3, -0.25) is 9.69 Å². The summed E-state index contributed by atoms with van der Waals surface area (Å²) in [4.78, 5) is 19.1. The molecular weight excluding hydrogens is 338 g/mol. The van der Waals surface area contributed by atoms with E-state index >= 15 is 0 Å². The summed E-state index contributed by atoms with van der Waals surface area (Å²) in [6.45, 7) is 10.8. The first-order valence-corrected chi connectivity index (χ1v) is 10.4. The molecular formula is C22H37N3O2. The number of piperidine rings is 1. The number of ether oxygens (including phenoxy) is 1. The van der Waals surface area contributed by atoms with Crippen molar-refractivity contribution in [1.82, 2.24) is 14.7 Å². The second-order valence-electron chi connectivity index (χ2n) is 7.58. The van der Waals surface area contributed by atoms with Crippen LogP contribution < -0.4 is 4.74 Å². The molecule has 0 unspecified atom stereocenters. The molecule has 1 fully saturated rings. The number of rotatable bonds is 10. The van der Waals surface area contributed by atoms with Crippen LogP contribution in [0, 0.1) is 5.92 Å². The Bertz CT molecular complexity index is 566. The summed E-state index contributed by atoms with van der Waals surface area (Å²) in [6, 6.07) is 8.29. The molecule has 0 aromatic heterocycles. The van der Waals surface area contributed by atoms with Gasteiger partial charge in [0, 0.05) is 20.1 Å². The van der Waals surface area contributed by atoms with Crippen molar-refractivity contribution >= 4 is 5.91 Å². The molecule has 1 aromatic carbocycles. The van der Waals surface area contributed by atoms with Gasteiger partial charge in [0.05, 0.1) is 13.7 Å². The highest BCUT2D eigenvalue weighted by molar-refractivity contribution is 5.78. The minimum Gasteiger partial charge on any atom is -0.496 e. The highest BCUT2D eigenvalue weighted by atomic mass is 16.5. The molecule has 1 saturated heterocycles. The number of amides is 1. The Morgan fingerprint density at radius 1 is 1.19 bits per heavy atom. The second-order valence-corrected chi connectivity index (χ2v) is 7.58. The summed E-state index contributed by atoms with van der Waals surface area (Å²) in [5.41, 5.74) is 1.28. The minimum atomic E-state index is 0.248. The van der Waals surface area contributed by atoms with Crippen molar-refractivity contribution in [3.63, 3.8) is 0 Å². The molecule has 0 N–H and O–H groups in total. The number of carbonyl (C=O) groups excluding carboxylic acids is 1. The lowest BCUT2D eigenvalue weighted by molar-refractivity contribution is -0.131. The predicted octanol–water partition coefficient (Wildman–Crippen LogP) is 2.75. The van der Waals surface area contributed by atoms with Gasteiger partial charge in [0.25, 0.3) is 0 Å². The Kier molecular flexibility index (Phi) is 9.08. The third kappa shape index (κ3) is 6.82. The first kappa shape index (κ1) is 21.7. The molecule has 0 saturated carbocycles. The van der Waals surface area contributed by atoms with E-state index in [0.29, 0.717) is 12.5 Å². The fourth-order valence-corrected chi connectivity index (χ4v) is 3.83. The van der Waals surface area contributed by atoms with E-state index in [-0.39, 0.29) is 5.91 Å². The number of hydrogen-bond acceptors (Lipinski definition) is 4. The number of benzene rings is 1. The maximum atomic E-state index is 12.4. The third-order valence-corrected chi connectivity index (χ3v) is 5.81. The molecule has 1 aromatic rings. The average Bonchev–Trinajstić information content (AvgIpc) is 2.71. The molecule has 0 atom stereocenters. The lowest BCUT2D eigenvalue weighted by Gasteiger charge is -2.34. The summed E-state index contributed by atoms with van der Waals surface area (Å²) >= 11 is 0. The van der Waals surface area contributed by atoms with Gasteiger partial charge in [0.2, 0.25) is 5.91 Å². The number of methoxy groups -OCH3 is 1. The Labute approximate surface area is 165 Å². The van der Waals surface area contributed by atoms with Gasteiger partial charge in [-0.1, -0.05) is 32.0 Å². The molecule has 1 aliphatic rings. The number of hydrogen-bond donors (Lipinski definition) is 0. The Hall–Kier alpha value is -1.59. The first-order chi connectivity index (χ1) is 13.1. The molecule has 27 heavy (non-hydrogen) atoms. The number of likely N-dealkylation sites (tertiary alicyclic amines) is 1. The topological polar surface area (TPSA) is 36.0 Å². The van der Waals surface area contributed by atoms with Crippen LogP contribution in [0.3, 0.4) is 0 Å². The van der Waals surface area contributed by atoms with Crippen LogP contribution >= 0.6 is 0 Å². The van der Waals surface area contributed by atoms with Crippen molar-refractivity contribution in [1.29, 1.82) is 0 Å². The molecule has 1 amide bonds. The molecule has 0 radical (unpaired) electrons. The van der Waals surface area contributed by atoms with E-state index in [1.54, 1.807) is 7.11 Å². The normalized spacial score (nSPS) is 15.9. The van der Waals surface area contributed by atoms with Gasteiger partial charge in [0.1, 0.15) is 5.75 Å². The van der Waals surface area contributed by atoms with E-state index in [9.17, 15) is 4.79 Å². The molecule has 0 aliphatic carbocycles. The van der Waals surface area contributed by atoms with Crippen LogP contribution in [0.1, 0.15) is 32.3 Å². The second kappa shape index (κ2) is 11.3. The molecule has 1 aliphatic heterocycles. The summed E-state index contributed by atoms with van der Waals surface area (Å²) < 4.78 is 5.45. The van der Waals surface area contributed by atoms with Gasteiger partial charge in [0.15, 0.2) is 0 Å². The molecule has 0 spiro atoms. The maximum absolute atomic E-state index is 12.4. The summed E-state index contributed by atoms with van der Waals surface area (Å²) in [6.07, 6.45) is 3.38. The summed E-state index contributed by atoms with van der Waals surface area (Å²) in [7, 11) is 3.70. The van der Waals surface area contributed by atoms with Gasteiger partial charge in [-0.05, 0) is 63.0 Å². The quantitative estimate of drug-likeness (QED) is 0.630. The number of likely N-dealkylation sites (N-methyl/N-ethyl adjacent to an activating group) is 2. The fourth-order valence-electron chi connectivity index (χ4n) is 3.83. The molecule has 2 rings (SSSR count). The van der Waals surface area contributed by atoms with Crippen LogP contribution in [-0.2, 0) is 11.2 Å². The lowest BCUT2D eigenvalue weighted by atomic mass is 9.96. The van der Waals surface area contributed by atoms with Gasteiger partial charge < -0.3 is 14.5 Å². The third-order valence-electron chi connectivity index (χ3n) is 5.81. The van der Waals surface area contributed by atoms with Crippen molar-refractivity contribution in [2.24, 2.45) is 5.92 Å². The van der Waals surface area contributed by atoms with E-state index in [1.807, 2.05) is 24.1 Å². The van der Waals surface area contributed by atoms with Gasteiger partial charge >= 0.3 is 0 Å². The van der Waals surface area contributed by atoms with Crippen LogP contribution in [0.15, 0.2) is 24.3 Å².